The van der Waals surface area contributed by atoms with Gasteiger partial charge in [-0.25, -0.2) is 4.57 Å². The molecule has 37 heavy (non-hydrogen) atoms. The molecule has 0 fully saturated rings. The van der Waals surface area contributed by atoms with Crippen molar-refractivity contribution < 1.29 is 28.4 Å². The zero-order chi connectivity index (χ0) is 27.6. The van der Waals surface area contributed by atoms with Crippen molar-refractivity contribution in [3.63, 3.8) is 0 Å². The van der Waals surface area contributed by atoms with Crippen LogP contribution in [0.5, 0.6) is 0 Å². The molecule has 0 aromatic heterocycles. The number of hydrogen-bond acceptors (Lipinski definition) is 5. The highest BCUT2D eigenvalue weighted by atomic mass is 79.9. The molecule has 0 rings (SSSR count). The molecule has 0 aliphatic heterocycles. The molecule has 0 saturated heterocycles. The highest BCUT2D eigenvalue weighted by Gasteiger charge is 2.26. The maximum atomic E-state index is 12.4. The normalized spacial score (nSPS) is 15.1. The summed E-state index contributed by atoms with van der Waals surface area (Å²) < 4.78 is 21.9. The molecule has 0 saturated carbocycles. The first-order chi connectivity index (χ1) is 17.9. The first-order valence-corrected chi connectivity index (χ1v) is 17.3. The lowest BCUT2D eigenvalue weighted by Gasteiger charge is -2.23. The Hall–Kier alpha value is -0.240. The first-order valence-electron chi connectivity index (χ1n) is 14.7. The van der Waals surface area contributed by atoms with E-state index in [9.17, 15) is 19.4 Å². The van der Waals surface area contributed by atoms with Crippen LogP contribution in [0.25, 0.3) is 0 Å². The Morgan fingerprint density at radius 2 is 1.38 bits per heavy atom. The lowest BCUT2D eigenvalue weighted by molar-refractivity contribution is -0.123. The van der Waals surface area contributed by atoms with Crippen LogP contribution < -0.4 is 5.32 Å². The Balaban J connectivity index is 4.40. The van der Waals surface area contributed by atoms with Gasteiger partial charge in [0.15, 0.2) is 0 Å². The van der Waals surface area contributed by atoms with Crippen molar-refractivity contribution in [3.05, 3.63) is 12.2 Å². The van der Waals surface area contributed by atoms with Crippen LogP contribution in [0.4, 0.5) is 0 Å². The maximum absolute atomic E-state index is 12.4. The van der Waals surface area contributed by atoms with E-state index in [0.717, 1.165) is 51.4 Å². The highest BCUT2D eigenvalue weighted by Crippen LogP contribution is 2.43. The number of carbonyl (C=O) groups is 1. The summed E-state index contributed by atoms with van der Waals surface area (Å²) in [5, 5.41) is 13.8. The minimum atomic E-state index is -4.26. The molecule has 220 valence electrons. The van der Waals surface area contributed by atoms with Crippen LogP contribution in [0.1, 0.15) is 129 Å². The fourth-order valence-electron chi connectivity index (χ4n) is 4.05. The fraction of sp³-hybridized carbons (Fsp3) is 0.893. The number of unbranched alkanes of at least 4 members (excludes halogenated alkanes) is 15. The molecule has 0 aliphatic rings. The lowest BCUT2D eigenvalue weighted by atomic mass is 10.0. The second kappa shape index (κ2) is 26.0. The van der Waals surface area contributed by atoms with E-state index in [1.807, 2.05) is 6.08 Å². The molecule has 0 heterocycles. The minimum Gasteiger partial charge on any atom is -0.387 e. The summed E-state index contributed by atoms with van der Waals surface area (Å²) in [5.41, 5.74) is 0. The number of aliphatic hydroxyl groups is 1. The number of aliphatic hydroxyl groups excluding tert-OH is 1. The monoisotopic (exact) mass is 611 g/mol. The number of alkyl halides is 1. The largest absolute Gasteiger partial charge is 0.472 e. The second-order valence-electron chi connectivity index (χ2n) is 9.87. The lowest BCUT2D eigenvalue weighted by Crippen LogP contribution is -2.45. The third-order valence-electron chi connectivity index (χ3n) is 6.32. The molecular weight excluding hydrogens is 557 g/mol. The van der Waals surface area contributed by atoms with Crippen LogP contribution in [0.15, 0.2) is 12.2 Å². The number of halogens is 1. The average Bonchev–Trinajstić information content (AvgIpc) is 2.87. The van der Waals surface area contributed by atoms with Gasteiger partial charge in [-0.15, -0.1) is 0 Å². The van der Waals surface area contributed by atoms with Crippen LogP contribution in [-0.4, -0.2) is 46.6 Å². The zero-order valence-electron chi connectivity index (χ0n) is 23.5. The Bertz CT molecular complexity index is 607. The van der Waals surface area contributed by atoms with Gasteiger partial charge in [-0.1, -0.05) is 132 Å². The number of allylic oxidation sites excluding steroid dienone is 1. The summed E-state index contributed by atoms with van der Waals surface area (Å²) in [6, 6.07) is -0.829. The molecule has 9 heteroatoms. The maximum Gasteiger partial charge on any atom is 0.472 e. The third-order valence-corrected chi connectivity index (χ3v) is 7.63. The van der Waals surface area contributed by atoms with Crippen molar-refractivity contribution in [1.29, 1.82) is 0 Å². The number of nitrogens with one attached hydrogen (secondary N) is 1. The molecular formula is C28H55BrNO6P. The van der Waals surface area contributed by atoms with Gasteiger partial charge in [0.2, 0.25) is 5.91 Å². The van der Waals surface area contributed by atoms with Crippen LogP contribution in [-0.2, 0) is 18.4 Å². The van der Waals surface area contributed by atoms with Gasteiger partial charge >= 0.3 is 7.82 Å². The van der Waals surface area contributed by atoms with Crippen LogP contribution in [0.3, 0.4) is 0 Å². The summed E-state index contributed by atoms with van der Waals surface area (Å²) in [5.74, 6) is -0.197. The van der Waals surface area contributed by atoms with Gasteiger partial charge in [-0.3, -0.25) is 13.8 Å². The zero-order valence-corrected chi connectivity index (χ0v) is 26.0. The molecule has 1 unspecified atom stereocenters. The highest BCUT2D eigenvalue weighted by molar-refractivity contribution is 9.09. The molecule has 1 amide bonds. The van der Waals surface area contributed by atoms with Gasteiger partial charge in [0.25, 0.3) is 0 Å². The molecule has 0 aromatic carbocycles. The van der Waals surface area contributed by atoms with E-state index in [0.29, 0.717) is 11.8 Å². The Labute approximate surface area is 235 Å². The number of amides is 1. The summed E-state index contributed by atoms with van der Waals surface area (Å²) >= 11 is 3.13. The number of hydrogen-bond donors (Lipinski definition) is 3. The van der Waals surface area contributed by atoms with Crippen molar-refractivity contribution in [2.75, 3.05) is 18.5 Å². The molecule has 0 aromatic rings. The smallest absolute Gasteiger partial charge is 0.387 e. The number of phosphoric ester groups is 1. The van der Waals surface area contributed by atoms with Gasteiger partial charge in [-0.2, -0.15) is 0 Å². The molecule has 0 radical (unpaired) electrons. The van der Waals surface area contributed by atoms with E-state index in [4.69, 9.17) is 9.05 Å². The van der Waals surface area contributed by atoms with Gasteiger partial charge < -0.3 is 15.3 Å². The molecule has 7 nitrogen and oxygen atoms in total. The van der Waals surface area contributed by atoms with E-state index in [2.05, 4.69) is 35.1 Å². The quantitative estimate of drug-likeness (QED) is 0.0376. The topological polar surface area (TPSA) is 105 Å². The van der Waals surface area contributed by atoms with Crippen LogP contribution >= 0.6 is 23.8 Å². The Kier molecular flexibility index (Phi) is 25.8. The predicted molar refractivity (Wildman–Crippen MR) is 157 cm³/mol. The van der Waals surface area contributed by atoms with Crippen LogP contribution in [0.2, 0.25) is 0 Å². The number of rotatable bonds is 27. The molecule has 0 aliphatic carbocycles. The summed E-state index contributed by atoms with van der Waals surface area (Å²) in [6.45, 7) is 4.09. The van der Waals surface area contributed by atoms with Gasteiger partial charge in [0.1, 0.15) is 0 Å². The third kappa shape index (κ3) is 24.5. The average molecular weight is 613 g/mol. The van der Waals surface area contributed by atoms with Crippen molar-refractivity contribution >= 4 is 29.7 Å². The van der Waals surface area contributed by atoms with E-state index in [1.165, 1.54) is 57.8 Å². The minimum absolute atomic E-state index is 0.0178. The molecule has 0 spiro atoms. The van der Waals surface area contributed by atoms with Crippen molar-refractivity contribution in [3.8, 4) is 0 Å². The van der Waals surface area contributed by atoms with E-state index in [-0.39, 0.29) is 19.1 Å². The molecule has 3 N–H and O–H groups in total. The van der Waals surface area contributed by atoms with Crippen molar-refractivity contribution in [2.24, 2.45) is 0 Å². The van der Waals surface area contributed by atoms with Crippen LogP contribution in [0, 0.1) is 0 Å². The number of phosphoric acid groups is 1. The van der Waals surface area contributed by atoms with Crippen molar-refractivity contribution in [2.45, 2.75) is 142 Å². The van der Waals surface area contributed by atoms with Crippen molar-refractivity contribution in [1.82, 2.24) is 5.32 Å². The second-order valence-corrected chi connectivity index (χ2v) is 12.1. The van der Waals surface area contributed by atoms with Gasteiger partial charge in [0, 0.05) is 11.8 Å². The van der Waals surface area contributed by atoms with Gasteiger partial charge in [0.05, 0.1) is 25.4 Å². The fourth-order valence-corrected chi connectivity index (χ4v) is 5.21. The first kappa shape index (κ1) is 36.8. The Morgan fingerprint density at radius 1 is 0.865 bits per heavy atom. The van der Waals surface area contributed by atoms with Gasteiger partial charge in [-0.05, 0) is 19.3 Å². The van der Waals surface area contributed by atoms with E-state index >= 15 is 0 Å². The predicted octanol–water partition coefficient (Wildman–Crippen LogP) is 7.98. The molecule has 0 bridgehead atoms. The molecule has 3 atom stereocenters. The Morgan fingerprint density at radius 3 is 1.92 bits per heavy atom. The van der Waals surface area contributed by atoms with E-state index in [1.54, 1.807) is 6.08 Å². The summed E-state index contributed by atoms with van der Waals surface area (Å²) in [4.78, 5) is 22.2. The van der Waals surface area contributed by atoms with E-state index < -0.39 is 20.0 Å². The summed E-state index contributed by atoms with van der Waals surface area (Å²) in [7, 11) is -4.26. The number of carbonyl (C=O) groups excluding carboxylic acids is 1. The summed E-state index contributed by atoms with van der Waals surface area (Å²) in [6.07, 6.45) is 23.0. The SMILES string of the molecule is CCCCCCCCCCCCC/C=C/[C@@H](O)[C@H](COP(=O)(O)OCCBr)NC(=O)CCCCCCC. The standard InChI is InChI=1S/C28H55BrNO6P/c1-3-5-7-9-10-11-12-13-14-15-16-18-19-21-27(31)26(25-36-37(33,34)35-24-23-29)30-28(32)22-20-17-8-6-4-2/h19,21,26-27,31H,3-18,20,22-25H2,1-2H3,(H,30,32)(H,33,34)/b21-19+/t26-,27+/m0/s1.